The lowest BCUT2D eigenvalue weighted by Crippen LogP contribution is -2.51. The number of rotatable bonds is 3. The number of aliphatic carboxylic acids is 1. The normalized spacial score (nSPS) is 28.0. The maximum Gasteiger partial charge on any atom is 0.317 e. The van der Waals surface area contributed by atoms with Gasteiger partial charge in [-0.15, -0.1) is 0 Å². The molecule has 120 valence electrons. The first kappa shape index (κ1) is 16.1. The predicted octanol–water partition coefficient (Wildman–Crippen LogP) is 1.58. The number of piperidine rings is 1. The van der Waals surface area contributed by atoms with Crippen LogP contribution in [-0.2, 0) is 4.79 Å². The molecule has 0 radical (unpaired) electrons. The number of carboxylic acids is 1. The molecule has 6 nitrogen and oxygen atoms in total. The standard InChI is InChI=1S/C15H26N2O4/c18-13-5-3-1-2-4-12(13)16-15(21)17-8-6-11(7-9-17)10-14(19)20/h11-13,18H,1-10H2,(H,16,21)(H,19,20). The summed E-state index contributed by atoms with van der Waals surface area (Å²) in [5.41, 5.74) is 0. The number of carbonyl (C=O) groups excluding carboxylic acids is 1. The SMILES string of the molecule is O=C(O)CC1CCN(C(=O)NC2CCCCCC2O)CC1. The lowest BCUT2D eigenvalue weighted by atomic mass is 9.94. The summed E-state index contributed by atoms with van der Waals surface area (Å²) in [6.07, 6.45) is 6.01. The maximum absolute atomic E-state index is 12.2. The van der Waals surface area contributed by atoms with Crippen molar-refractivity contribution in [2.24, 2.45) is 5.92 Å². The van der Waals surface area contributed by atoms with Gasteiger partial charge in [0.1, 0.15) is 0 Å². The van der Waals surface area contributed by atoms with Gasteiger partial charge in [0.25, 0.3) is 0 Å². The van der Waals surface area contributed by atoms with Gasteiger partial charge in [0.05, 0.1) is 12.1 Å². The molecular weight excluding hydrogens is 272 g/mol. The molecule has 3 N–H and O–H groups in total. The molecule has 2 atom stereocenters. The predicted molar refractivity (Wildman–Crippen MR) is 78.0 cm³/mol. The van der Waals surface area contributed by atoms with Gasteiger partial charge in [-0.25, -0.2) is 4.79 Å². The van der Waals surface area contributed by atoms with Crippen LogP contribution in [0.5, 0.6) is 0 Å². The smallest absolute Gasteiger partial charge is 0.317 e. The first-order valence-electron chi connectivity index (χ1n) is 8.01. The summed E-state index contributed by atoms with van der Waals surface area (Å²) >= 11 is 0. The quantitative estimate of drug-likeness (QED) is 0.690. The minimum atomic E-state index is -0.764. The number of hydrogen-bond donors (Lipinski definition) is 3. The van der Waals surface area contributed by atoms with E-state index in [4.69, 9.17) is 5.11 Å². The van der Waals surface area contributed by atoms with Crippen LogP contribution in [0.15, 0.2) is 0 Å². The van der Waals surface area contributed by atoms with E-state index >= 15 is 0 Å². The fraction of sp³-hybridized carbons (Fsp3) is 0.867. The van der Waals surface area contributed by atoms with Crippen molar-refractivity contribution in [1.29, 1.82) is 0 Å². The second-order valence-electron chi connectivity index (χ2n) is 6.29. The molecule has 0 spiro atoms. The minimum absolute atomic E-state index is 0.116. The number of amides is 2. The van der Waals surface area contributed by atoms with Crippen molar-refractivity contribution in [2.45, 2.75) is 63.5 Å². The number of urea groups is 1. The number of nitrogens with one attached hydrogen (secondary N) is 1. The highest BCUT2D eigenvalue weighted by Gasteiger charge is 2.28. The minimum Gasteiger partial charge on any atom is -0.481 e. The maximum atomic E-state index is 12.2. The second-order valence-corrected chi connectivity index (χ2v) is 6.29. The first-order chi connectivity index (χ1) is 10.1. The highest BCUT2D eigenvalue weighted by Crippen LogP contribution is 2.22. The molecule has 21 heavy (non-hydrogen) atoms. The summed E-state index contributed by atoms with van der Waals surface area (Å²) in [6.45, 7) is 1.21. The summed E-state index contributed by atoms with van der Waals surface area (Å²) in [4.78, 5) is 24.7. The molecule has 0 aromatic heterocycles. The van der Waals surface area contributed by atoms with Crippen molar-refractivity contribution in [1.82, 2.24) is 10.2 Å². The number of hydrogen-bond acceptors (Lipinski definition) is 3. The average molecular weight is 298 g/mol. The Morgan fingerprint density at radius 1 is 1.05 bits per heavy atom. The lowest BCUT2D eigenvalue weighted by Gasteiger charge is -2.33. The fourth-order valence-corrected chi connectivity index (χ4v) is 3.29. The molecule has 2 rings (SSSR count). The number of aliphatic hydroxyl groups is 1. The monoisotopic (exact) mass is 298 g/mol. The van der Waals surface area contributed by atoms with Crippen molar-refractivity contribution in [3.63, 3.8) is 0 Å². The van der Waals surface area contributed by atoms with E-state index in [1.165, 1.54) is 0 Å². The summed E-state index contributed by atoms with van der Waals surface area (Å²) in [5, 5.41) is 21.8. The van der Waals surface area contributed by atoms with Crippen molar-refractivity contribution in [2.75, 3.05) is 13.1 Å². The van der Waals surface area contributed by atoms with E-state index in [9.17, 15) is 14.7 Å². The number of nitrogens with zero attached hydrogens (tertiary/aromatic N) is 1. The summed E-state index contributed by atoms with van der Waals surface area (Å²) in [5.74, 6) is -0.588. The Morgan fingerprint density at radius 2 is 1.71 bits per heavy atom. The molecule has 1 aliphatic heterocycles. The number of aliphatic hydroxyl groups excluding tert-OH is 1. The van der Waals surface area contributed by atoms with Crippen molar-refractivity contribution in [3.05, 3.63) is 0 Å². The van der Waals surface area contributed by atoms with Crippen LogP contribution in [0, 0.1) is 5.92 Å². The van der Waals surface area contributed by atoms with E-state index in [0.29, 0.717) is 13.1 Å². The van der Waals surface area contributed by atoms with Crippen LogP contribution in [0.4, 0.5) is 4.79 Å². The molecule has 1 saturated carbocycles. The van der Waals surface area contributed by atoms with Gasteiger partial charge in [0.15, 0.2) is 0 Å². The molecule has 0 aromatic rings. The van der Waals surface area contributed by atoms with Crippen LogP contribution in [0.3, 0.4) is 0 Å². The van der Waals surface area contributed by atoms with Gasteiger partial charge in [-0.2, -0.15) is 0 Å². The molecule has 2 amide bonds. The van der Waals surface area contributed by atoms with E-state index < -0.39 is 12.1 Å². The molecule has 1 saturated heterocycles. The number of carboxylic acid groups (broad SMARTS) is 1. The van der Waals surface area contributed by atoms with Crippen LogP contribution in [0.25, 0.3) is 0 Å². The van der Waals surface area contributed by atoms with E-state index in [-0.39, 0.29) is 24.4 Å². The molecule has 0 bridgehead atoms. The summed E-state index contributed by atoms with van der Waals surface area (Å²) in [6, 6.07) is -0.258. The Labute approximate surface area is 125 Å². The van der Waals surface area contributed by atoms with Crippen LogP contribution in [0.2, 0.25) is 0 Å². The third kappa shape index (κ3) is 4.88. The molecule has 0 aromatic carbocycles. The molecule has 1 aliphatic carbocycles. The van der Waals surface area contributed by atoms with E-state index in [1.54, 1.807) is 4.90 Å². The molecular formula is C15H26N2O4. The van der Waals surface area contributed by atoms with Crippen LogP contribution >= 0.6 is 0 Å². The van der Waals surface area contributed by atoms with E-state index in [1.807, 2.05) is 0 Å². The van der Waals surface area contributed by atoms with Crippen LogP contribution in [-0.4, -0.2) is 52.3 Å². The fourth-order valence-electron chi connectivity index (χ4n) is 3.29. The van der Waals surface area contributed by atoms with Gasteiger partial charge in [-0.05, 0) is 31.6 Å². The Hall–Kier alpha value is -1.30. The number of likely N-dealkylation sites (tertiary alicyclic amines) is 1. The Bertz CT molecular complexity index is 367. The largest absolute Gasteiger partial charge is 0.481 e. The highest BCUT2D eigenvalue weighted by molar-refractivity contribution is 5.74. The highest BCUT2D eigenvalue weighted by atomic mass is 16.4. The van der Waals surface area contributed by atoms with Gasteiger partial charge < -0.3 is 20.4 Å². The zero-order chi connectivity index (χ0) is 15.2. The Kier molecular flexibility index (Phi) is 5.85. The zero-order valence-corrected chi connectivity index (χ0v) is 12.5. The van der Waals surface area contributed by atoms with Gasteiger partial charge >= 0.3 is 12.0 Å². The lowest BCUT2D eigenvalue weighted by molar-refractivity contribution is -0.138. The van der Waals surface area contributed by atoms with Gasteiger partial charge in [-0.1, -0.05) is 19.3 Å². The van der Waals surface area contributed by atoms with E-state index in [2.05, 4.69) is 5.32 Å². The molecule has 1 heterocycles. The van der Waals surface area contributed by atoms with Crippen LogP contribution < -0.4 is 5.32 Å². The zero-order valence-electron chi connectivity index (χ0n) is 12.5. The second kappa shape index (κ2) is 7.64. The summed E-state index contributed by atoms with van der Waals surface area (Å²) < 4.78 is 0. The molecule has 2 aliphatic rings. The van der Waals surface area contributed by atoms with E-state index in [0.717, 1.165) is 44.9 Å². The average Bonchev–Trinajstić information content (AvgIpc) is 2.64. The molecule has 6 heteroatoms. The van der Waals surface area contributed by atoms with Gasteiger partial charge in [-0.3, -0.25) is 4.79 Å². The van der Waals surface area contributed by atoms with Crippen LogP contribution in [0.1, 0.15) is 51.4 Å². The first-order valence-corrected chi connectivity index (χ1v) is 8.01. The van der Waals surface area contributed by atoms with Crippen molar-refractivity contribution < 1.29 is 19.8 Å². The molecule has 2 fully saturated rings. The Morgan fingerprint density at radius 3 is 2.38 bits per heavy atom. The third-order valence-corrected chi connectivity index (χ3v) is 4.65. The third-order valence-electron chi connectivity index (χ3n) is 4.65. The summed E-state index contributed by atoms with van der Waals surface area (Å²) in [7, 11) is 0. The van der Waals surface area contributed by atoms with Gasteiger partial charge in [0, 0.05) is 19.5 Å². The van der Waals surface area contributed by atoms with Crippen molar-refractivity contribution >= 4 is 12.0 Å². The topological polar surface area (TPSA) is 89.9 Å². The van der Waals surface area contributed by atoms with Gasteiger partial charge in [0.2, 0.25) is 0 Å². The molecule has 2 unspecified atom stereocenters. The number of carbonyl (C=O) groups is 2. The Balaban J connectivity index is 1.77. The van der Waals surface area contributed by atoms with Crippen molar-refractivity contribution in [3.8, 4) is 0 Å².